The lowest BCUT2D eigenvalue weighted by molar-refractivity contribution is 0.339. The van der Waals surface area contributed by atoms with Crippen molar-refractivity contribution in [2.45, 2.75) is 50.2 Å². The minimum absolute atomic E-state index is 0.453. The first-order valence-electron chi connectivity index (χ1n) is 9.08. The standard InChI is InChI=1S/C20H27N3O2S/c1-14(2)13-26-20-22-21-19(23(20)16-8-6-5-7-9-16)15-10-11-17(24-3)18(12-15)25-4/h10-12,16H,1,5-9,13H2,2-4H3. The third-order valence-corrected chi connectivity index (χ3v) is 5.87. The van der Waals surface area contributed by atoms with Gasteiger partial charge in [-0.15, -0.1) is 10.2 Å². The Morgan fingerprint density at radius 2 is 1.88 bits per heavy atom. The van der Waals surface area contributed by atoms with Crippen molar-refractivity contribution < 1.29 is 9.47 Å². The maximum absolute atomic E-state index is 5.47. The molecule has 0 saturated heterocycles. The highest BCUT2D eigenvalue weighted by atomic mass is 32.2. The summed E-state index contributed by atoms with van der Waals surface area (Å²) in [5.74, 6) is 3.19. The first-order chi connectivity index (χ1) is 12.6. The molecule has 140 valence electrons. The van der Waals surface area contributed by atoms with Gasteiger partial charge in [-0.2, -0.15) is 0 Å². The molecule has 0 amide bonds. The second kappa shape index (κ2) is 8.62. The molecule has 1 fully saturated rings. The highest BCUT2D eigenvalue weighted by molar-refractivity contribution is 7.99. The minimum Gasteiger partial charge on any atom is -0.493 e. The van der Waals surface area contributed by atoms with Crippen LogP contribution in [0, 0.1) is 0 Å². The van der Waals surface area contributed by atoms with E-state index in [1.165, 1.54) is 32.1 Å². The summed E-state index contributed by atoms with van der Waals surface area (Å²) in [5.41, 5.74) is 2.14. The number of rotatable bonds is 7. The molecule has 0 bridgehead atoms. The third-order valence-electron chi connectivity index (χ3n) is 4.69. The van der Waals surface area contributed by atoms with E-state index >= 15 is 0 Å². The molecule has 26 heavy (non-hydrogen) atoms. The summed E-state index contributed by atoms with van der Waals surface area (Å²) in [7, 11) is 3.30. The molecule has 0 spiro atoms. The summed E-state index contributed by atoms with van der Waals surface area (Å²) < 4.78 is 13.2. The Kier molecular flexibility index (Phi) is 6.25. The molecule has 1 saturated carbocycles. The number of thioether (sulfide) groups is 1. The van der Waals surface area contributed by atoms with Crippen molar-refractivity contribution in [3.63, 3.8) is 0 Å². The third kappa shape index (κ3) is 4.06. The predicted molar refractivity (Wildman–Crippen MR) is 106 cm³/mol. The lowest BCUT2D eigenvalue weighted by atomic mass is 9.95. The fraction of sp³-hybridized carbons (Fsp3) is 0.500. The van der Waals surface area contributed by atoms with Crippen molar-refractivity contribution in [1.82, 2.24) is 14.8 Å². The summed E-state index contributed by atoms with van der Waals surface area (Å²) >= 11 is 1.72. The molecule has 0 N–H and O–H groups in total. The molecule has 1 aromatic carbocycles. The Bertz CT molecular complexity index is 766. The van der Waals surface area contributed by atoms with Crippen molar-refractivity contribution in [3.05, 3.63) is 30.4 Å². The molecule has 1 aromatic heterocycles. The summed E-state index contributed by atoms with van der Waals surface area (Å²) in [6, 6.07) is 6.39. The second-order valence-corrected chi connectivity index (χ2v) is 7.73. The van der Waals surface area contributed by atoms with E-state index in [1.807, 2.05) is 25.1 Å². The number of hydrogen-bond donors (Lipinski definition) is 0. The van der Waals surface area contributed by atoms with Gasteiger partial charge in [0.25, 0.3) is 0 Å². The normalized spacial score (nSPS) is 15.0. The van der Waals surface area contributed by atoms with E-state index < -0.39 is 0 Å². The molecule has 0 radical (unpaired) electrons. The van der Waals surface area contributed by atoms with E-state index in [1.54, 1.807) is 26.0 Å². The van der Waals surface area contributed by atoms with Crippen LogP contribution in [0.1, 0.15) is 45.1 Å². The van der Waals surface area contributed by atoms with Crippen LogP contribution in [0.25, 0.3) is 11.4 Å². The Morgan fingerprint density at radius 3 is 2.54 bits per heavy atom. The van der Waals surface area contributed by atoms with Gasteiger partial charge in [0.2, 0.25) is 0 Å². The fourth-order valence-corrected chi connectivity index (χ4v) is 4.25. The smallest absolute Gasteiger partial charge is 0.192 e. The average molecular weight is 374 g/mol. The lowest BCUT2D eigenvalue weighted by Crippen LogP contribution is -2.15. The molecular formula is C20H27N3O2S. The SMILES string of the molecule is C=C(C)CSc1nnc(-c2ccc(OC)c(OC)c2)n1C1CCCCC1. The Morgan fingerprint density at radius 1 is 1.15 bits per heavy atom. The fourth-order valence-electron chi connectivity index (χ4n) is 3.40. The average Bonchev–Trinajstić information content (AvgIpc) is 3.10. The summed E-state index contributed by atoms with van der Waals surface area (Å²) in [5, 5.41) is 10.0. The Hall–Kier alpha value is -1.95. The first kappa shape index (κ1) is 18.8. The molecule has 0 aliphatic heterocycles. The molecule has 3 rings (SSSR count). The van der Waals surface area contributed by atoms with Crippen LogP contribution in [-0.2, 0) is 0 Å². The van der Waals surface area contributed by atoms with Crippen molar-refractivity contribution in [2.24, 2.45) is 0 Å². The van der Waals surface area contributed by atoms with Gasteiger partial charge in [0, 0.05) is 17.4 Å². The van der Waals surface area contributed by atoms with Gasteiger partial charge >= 0.3 is 0 Å². The highest BCUT2D eigenvalue weighted by Gasteiger charge is 2.24. The predicted octanol–water partition coefficient (Wildman–Crippen LogP) is 5.14. The summed E-state index contributed by atoms with van der Waals surface area (Å²) in [6.45, 7) is 6.06. The zero-order chi connectivity index (χ0) is 18.5. The molecule has 0 unspecified atom stereocenters. The number of ether oxygens (including phenoxy) is 2. The van der Waals surface area contributed by atoms with Crippen LogP contribution in [0.5, 0.6) is 11.5 Å². The van der Waals surface area contributed by atoms with Crippen molar-refractivity contribution in [1.29, 1.82) is 0 Å². The molecular weight excluding hydrogens is 346 g/mol. The minimum atomic E-state index is 0.453. The van der Waals surface area contributed by atoms with E-state index in [0.717, 1.165) is 33.6 Å². The molecule has 5 nitrogen and oxygen atoms in total. The molecule has 1 heterocycles. The van der Waals surface area contributed by atoms with Crippen LogP contribution >= 0.6 is 11.8 Å². The van der Waals surface area contributed by atoms with Gasteiger partial charge in [0.1, 0.15) is 0 Å². The quantitative estimate of drug-likeness (QED) is 0.497. The number of hydrogen-bond acceptors (Lipinski definition) is 5. The lowest BCUT2D eigenvalue weighted by Gasteiger charge is -2.25. The van der Waals surface area contributed by atoms with E-state index in [0.29, 0.717) is 11.8 Å². The monoisotopic (exact) mass is 373 g/mol. The topological polar surface area (TPSA) is 49.2 Å². The van der Waals surface area contributed by atoms with E-state index in [2.05, 4.69) is 21.3 Å². The number of methoxy groups -OCH3 is 2. The van der Waals surface area contributed by atoms with Gasteiger partial charge in [-0.05, 0) is 38.0 Å². The summed E-state index contributed by atoms with van der Waals surface area (Å²) in [6.07, 6.45) is 6.20. The Labute approximate surface area is 159 Å². The summed E-state index contributed by atoms with van der Waals surface area (Å²) in [4.78, 5) is 0. The van der Waals surface area contributed by atoms with Gasteiger partial charge in [-0.25, -0.2) is 0 Å². The van der Waals surface area contributed by atoms with Crippen LogP contribution in [0.15, 0.2) is 35.5 Å². The van der Waals surface area contributed by atoms with E-state index in [4.69, 9.17) is 9.47 Å². The van der Waals surface area contributed by atoms with Crippen LogP contribution in [0.4, 0.5) is 0 Å². The zero-order valence-corrected chi connectivity index (χ0v) is 16.6. The largest absolute Gasteiger partial charge is 0.493 e. The van der Waals surface area contributed by atoms with Gasteiger partial charge in [0.15, 0.2) is 22.5 Å². The van der Waals surface area contributed by atoms with Crippen molar-refractivity contribution >= 4 is 11.8 Å². The number of benzene rings is 1. The van der Waals surface area contributed by atoms with Gasteiger partial charge in [0.05, 0.1) is 14.2 Å². The number of aromatic nitrogens is 3. The maximum atomic E-state index is 5.47. The van der Waals surface area contributed by atoms with Crippen LogP contribution < -0.4 is 9.47 Å². The van der Waals surface area contributed by atoms with Crippen LogP contribution in [0.3, 0.4) is 0 Å². The Balaban J connectivity index is 2.01. The van der Waals surface area contributed by atoms with Gasteiger partial charge in [-0.3, -0.25) is 4.57 Å². The van der Waals surface area contributed by atoms with Crippen LogP contribution in [0.2, 0.25) is 0 Å². The first-order valence-corrected chi connectivity index (χ1v) is 10.1. The van der Waals surface area contributed by atoms with Crippen molar-refractivity contribution in [3.8, 4) is 22.9 Å². The number of nitrogens with zero attached hydrogens (tertiary/aromatic N) is 3. The van der Waals surface area contributed by atoms with Gasteiger partial charge < -0.3 is 9.47 Å². The molecule has 1 aliphatic carbocycles. The molecule has 6 heteroatoms. The highest BCUT2D eigenvalue weighted by Crippen LogP contribution is 2.38. The van der Waals surface area contributed by atoms with E-state index in [9.17, 15) is 0 Å². The van der Waals surface area contributed by atoms with Gasteiger partial charge in [-0.1, -0.05) is 43.2 Å². The molecule has 2 aromatic rings. The maximum Gasteiger partial charge on any atom is 0.192 e. The van der Waals surface area contributed by atoms with E-state index in [-0.39, 0.29) is 0 Å². The molecule has 0 atom stereocenters. The van der Waals surface area contributed by atoms with Crippen molar-refractivity contribution in [2.75, 3.05) is 20.0 Å². The zero-order valence-electron chi connectivity index (χ0n) is 15.8. The van der Waals surface area contributed by atoms with Crippen LogP contribution in [-0.4, -0.2) is 34.7 Å². The molecule has 1 aliphatic rings. The second-order valence-electron chi connectivity index (χ2n) is 6.78.